The van der Waals surface area contributed by atoms with Crippen LogP contribution in [0.2, 0.25) is 0 Å². The Hall–Kier alpha value is -3.57. The predicted molar refractivity (Wildman–Crippen MR) is 117 cm³/mol. The van der Waals surface area contributed by atoms with Crippen molar-refractivity contribution in [3.8, 4) is 0 Å². The highest BCUT2D eigenvalue weighted by Gasteiger charge is 2.35. The second-order valence-corrected chi connectivity index (χ2v) is 8.05. The number of aliphatic hydroxyl groups is 1. The average molecular weight is 471 g/mol. The van der Waals surface area contributed by atoms with Gasteiger partial charge in [-0.05, 0) is 18.7 Å². The smallest absolute Gasteiger partial charge is 0.137 e. The molecule has 0 radical (unpaired) electrons. The molecule has 0 saturated heterocycles. The summed E-state index contributed by atoms with van der Waals surface area (Å²) >= 11 is 0. The standard InChI is InChI=1S/C23H24F3N7O/c1-2-31(11-19-12-32(30-29-19)10-17-5-3-4-6-21(17)25)13-23(34,14-33-16-27-15-28-33)20-8-7-18(24)9-22(20)26/h3-9,12,15-16,34H,2,10-11,13-14H2,1H3. The fourth-order valence-electron chi connectivity index (χ4n) is 3.84. The van der Waals surface area contributed by atoms with Crippen molar-refractivity contribution in [1.29, 1.82) is 0 Å². The summed E-state index contributed by atoms with van der Waals surface area (Å²) in [6.45, 7) is 2.83. The summed E-state index contributed by atoms with van der Waals surface area (Å²) in [5.41, 5.74) is -0.697. The molecular weight excluding hydrogens is 447 g/mol. The molecule has 0 spiro atoms. The van der Waals surface area contributed by atoms with Crippen molar-refractivity contribution in [3.63, 3.8) is 0 Å². The Bertz CT molecular complexity index is 1230. The Labute approximate surface area is 194 Å². The third-order valence-electron chi connectivity index (χ3n) is 5.52. The predicted octanol–water partition coefficient (Wildman–Crippen LogP) is 2.75. The van der Waals surface area contributed by atoms with Gasteiger partial charge in [-0.3, -0.25) is 4.90 Å². The Morgan fingerprint density at radius 3 is 2.59 bits per heavy atom. The van der Waals surface area contributed by atoms with E-state index in [1.54, 1.807) is 24.4 Å². The molecule has 4 rings (SSSR count). The molecule has 8 nitrogen and oxygen atoms in total. The molecule has 0 aliphatic carbocycles. The Morgan fingerprint density at radius 2 is 1.88 bits per heavy atom. The summed E-state index contributed by atoms with van der Waals surface area (Å²) in [7, 11) is 0. The van der Waals surface area contributed by atoms with Crippen molar-refractivity contribution >= 4 is 0 Å². The van der Waals surface area contributed by atoms with Gasteiger partial charge in [0.1, 0.15) is 35.7 Å². The van der Waals surface area contributed by atoms with E-state index < -0.39 is 17.2 Å². The van der Waals surface area contributed by atoms with Crippen molar-refractivity contribution in [2.24, 2.45) is 0 Å². The summed E-state index contributed by atoms with van der Waals surface area (Å²) in [4.78, 5) is 5.73. The van der Waals surface area contributed by atoms with E-state index >= 15 is 0 Å². The Morgan fingerprint density at radius 1 is 1.06 bits per heavy atom. The molecule has 0 aliphatic heterocycles. The molecule has 0 bridgehead atoms. The van der Waals surface area contributed by atoms with Gasteiger partial charge in [0.15, 0.2) is 0 Å². The van der Waals surface area contributed by atoms with Gasteiger partial charge in [-0.25, -0.2) is 27.5 Å². The van der Waals surface area contributed by atoms with Crippen molar-refractivity contribution in [2.45, 2.75) is 32.2 Å². The fraction of sp³-hybridized carbons (Fsp3) is 0.304. The lowest BCUT2D eigenvalue weighted by Gasteiger charge is -2.34. The van der Waals surface area contributed by atoms with Crippen molar-refractivity contribution in [2.75, 3.05) is 13.1 Å². The Kier molecular flexibility index (Phi) is 7.03. The molecule has 2 heterocycles. The van der Waals surface area contributed by atoms with Crippen LogP contribution in [-0.4, -0.2) is 52.9 Å². The first-order valence-corrected chi connectivity index (χ1v) is 10.7. The molecule has 1 N–H and O–H groups in total. The summed E-state index contributed by atoms with van der Waals surface area (Å²) in [5, 5.41) is 23.8. The van der Waals surface area contributed by atoms with Gasteiger partial charge >= 0.3 is 0 Å². The van der Waals surface area contributed by atoms with Crippen LogP contribution in [0.1, 0.15) is 23.7 Å². The molecule has 1 unspecified atom stereocenters. The van der Waals surface area contributed by atoms with E-state index in [0.717, 1.165) is 12.1 Å². The number of nitrogens with zero attached hydrogens (tertiary/aromatic N) is 7. The van der Waals surface area contributed by atoms with E-state index in [4.69, 9.17) is 0 Å². The first-order chi connectivity index (χ1) is 16.4. The van der Waals surface area contributed by atoms with Gasteiger partial charge < -0.3 is 5.11 Å². The molecule has 1 atom stereocenters. The zero-order valence-electron chi connectivity index (χ0n) is 18.5. The fourth-order valence-corrected chi connectivity index (χ4v) is 3.84. The van der Waals surface area contributed by atoms with E-state index in [-0.39, 0.29) is 31.0 Å². The highest BCUT2D eigenvalue weighted by Crippen LogP contribution is 2.28. The van der Waals surface area contributed by atoms with Crippen LogP contribution >= 0.6 is 0 Å². The molecule has 0 saturated carbocycles. The van der Waals surface area contributed by atoms with Crippen LogP contribution in [0.3, 0.4) is 0 Å². The minimum atomic E-state index is -1.73. The van der Waals surface area contributed by atoms with Crippen molar-refractivity contribution in [3.05, 3.63) is 95.6 Å². The summed E-state index contributed by atoms with van der Waals surface area (Å²) < 4.78 is 45.1. The summed E-state index contributed by atoms with van der Waals surface area (Å²) in [6, 6.07) is 9.52. The van der Waals surface area contributed by atoms with Gasteiger partial charge in [0.05, 0.1) is 25.0 Å². The molecule has 2 aromatic heterocycles. The van der Waals surface area contributed by atoms with Gasteiger partial charge in [0.2, 0.25) is 0 Å². The van der Waals surface area contributed by atoms with Crippen LogP contribution in [0.25, 0.3) is 0 Å². The van der Waals surface area contributed by atoms with Gasteiger partial charge in [-0.15, -0.1) is 5.10 Å². The lowest BCUT2D eigenvalue weighted by molar-refractivity contribution is -0.0227. The number of halogens is 3. The van der Waals surface area contributed by atoms with Crippen LogP contribution < -0.4 is 0 Å². The van der Waals surface area contributed by atoms with Crippen LogP contribution in [0.5, 0.6) is 0 Å². The van der Waals surface area contributed by atoms with Crippen LogP contribution in [0.4, 0.5) is 13.2 Å². The quantitative estimate of drug-likeness (QED) is 0.383. The maximum Gasteiger partial charge on any atom is 0.137 e. The van der Waals surface area contributed by atoms with Gasteiger partial charge in [-0.2, -0.15) is 5.10 Å². The van der Waals surface area contributed by atoms with Crippen LogP contribution in [0.15, 0.2) is 61.3 Å². The maximum absolute atomic E-state index is 14.7. The number of likely N-dealkylation sites (N-methyl/N-ethyl adjacent to an activating group) is 1. The zero-order chi connectivity index (χ0) is 24.1. The minimum Gasteiger partial charge on any atom is -0.382 e. The first-order valence-electron chi connectivity index (χ1n) is 10.7. The van der Waals surface area contributed by atoms with Crippen molar-refractivity contribution in [1.82, 2.24) is 34.7 Å². The third-order valence-corrected chi connectivity index (χ3v) is 5.52. The lowest BCUT2D eigenvalue weighted by atomic mass is 9.92. The van der Waals surface area contributed by atoms with Crippen LogP contribution in [0, 0.1) is 17.5 Å². The molecule has 0 amide bonds. The van der Waals surface area contributed by atoms with E-state index in [0.29, 0.717) is 24.3 Å². The van der Waals surface area contributed by atoms with E-state index in [1.807, 2.05) is 11.8 Å². The molecule has 4 aromatic rings. The van der Waals surface area contributed by atoms with E-state index in [2.05, 4.69) is 20.4 Å². The largest absolute Gasteiger partial charge is 0.382 e. The normalized spacial score (nSPS) is 13.4. The highest BCUT2D eigenvalue weighted by molar-refractivity contribution is 5.26. The van der Waals surface area contributed by atoms with Crippen molar-refractivity contribution < 1.29 is 18.3 Å². The summed E-state index contributed by atoms with van der Waals surface area (Å²) in [5.74, 6) is -1.91. The molecule has 11 heteroatoms. The SMILES string of the molecule is CCN(Cc1cn(Cc2ccccc2F)nn1)CC(O)(Cn1cncn1)c1ccc(F)cc1F. The average Bonchev–Trinajstić information content (AvgIpc) is 3.46. The van der Waals surface area contributed by atoms with Crippen LogP contribution in [-0.2, 0) is 25.2 Å². The molecule has 2 aromatic carbocycles. The molecule has 34 heavy (non-hydrogen) atoms. The molecule has 0 fully saturated rings. The molecule has 178 valence electrons. The zero-order valence-corrected chi connectivity index (χ0v) is 18.5. The van der Waals surface area contributed by atoms with Gasteiger partial charge in [0, 0.05) is 30.3 Å². The summed E-state index contributed by atoms with van der Waals surface area (Å²) in [6.07, 6.45) is 4.42. The van der Waals surface area contributed by atoms with E-state index in [9.17, 15) is 18.3 Å². The number of benzene rings is 2. The second-order valence-electron chi connectivity index (χ2n) is 8.05. The van der Waals surface area contributed by atoms with E-state index in [1.165, 1.54) is 34.2 Å². The third kappa shape index (κ3) is 5.49. The topological polar surface area (TPSA) is 84.9 Å². The Balaban J connectivity index is 1.53. The first kappa shape index (κ1) is 23.6. The number of hydrogen-bond acceptors (Lipinski definition) is 6. The lowest BCUT2D eigenvalue weighted by Crippen LogP contribution is -2.44. The minimum absolute atomic E-state index is 0.00604. The highest BCUT2D eigenvalue weighted by atomic mass is 19.1. The number of hydrogen-bond donors (Lipinski definition) is 1. The van der Waals surface area contributed by atoms with Gasteiger partial charge in [0.25, 0.3) is 0 Å². The van der Waals surface area contributed by atoms with Gasteiger partial charge in [-0.1, -0.05) is 36.4 Å². The number of rotatable bonds is 10. The molecular formula is C23H24F3N7O. The maximum atomic E-state index is 14.7. The molecule has 0 aliphatic rings. The number of aromatic nitrogens is 6. The monoisotopic (exact) mass is 471 g/mol. The second kappa shape index (κ2) is 10.1.